The number of aromatic amines is 1. The molecule has 0 spiro atoms. The first kappa shape index (κ1) is 16.4. The lowest BCUT2D eigenvalue weighted by Crippen LogP contribution is -2.31. The van der Waals surface area contributed by atoms with Gasteiger partial charge >= 0.3 is 0 Å². The van der Waals surface area contributed by atoms with Gasteiger partial charge < -0.3 is 4.74 Å². The molecule has 0 saturated carbocycles. The van der Waals surface area contributed by atoms with Gasteiger partial charge in [0.25, 0.3) is 0 Å². The molecule has 4 heterocycles. The van der Waals surface area contributed by atoms with Crippen LogP contribution in [0.25, 0.3) is 10.6 Å². The zero-order valence-electron chi connectivity index (χ0n) is 14.1. The molecule has 0 radical (unpaired) electrons. The van der Waals surface area contributed by atoms with E-state index in [1.165, 1.54) is 10.4 Å². The maximum Gasteiger partial charge on any atom is 0.0794 e. The smallest absolute Gasteiger partial charge is 0.0794 e. The highest BCUT2D eigenvalue weighted by Gasteiger charge is 2.21. The summed E-state index contributed by atoms with van der Waals surface area (Å²) in [4.78, 5) is 8.13. The van der Waals surface area contributed by atoms with Gasteiger partial charge in [-0.2, -0.15) is 5.10 Å². The molecule has 3 aromatic heterocycles. The van der Waals surface area contributed by atoms with Crippen molar-refractivity contribution in [2.45, 2.75) is 32.0 Å². The van der Waals surface area contributed by atoms with Crippen LogP contribution in [-0.2, 0) is 17.8 Å². The van der Waals surface area contributed by atoms with E-state index >= 15 is 0 Å². The zero-order chi connectivity index (χ0) is 16.9. The molecule has 0 bridgehead atoms. The third kappa shape index (κ3) is 4.15. The molecule has 1 N–H and O–H groups in total. The highest BCUT2D eigenvalue weighted by Crippen LogP contribution is 2.27. The van der Waals surface area contributed by atoms with E-state index < -0.39 is 0 Å². The van der Waals surface area contributed by atoms with E-state index in [-0.39, 0.29) is 0 Å². The molecule has 1 aliphatic rings. The summed E-state index contributed by atoms with van der Waals surface area (Å²) in [5.74, 6) is 0. The number of nitrogens with zero attached hydrogens (tertiary/aromatic N) is 3. The predicted molar refractivity (Wildman–Crippen MR) is 99.2 cm³/mol. The van der Waals surface area contributed by atoms with Crippen LogP contribution in [0, 0.1) is 0 Å². The Morgan fingerprint density at radius 3 is 3.00 bits per heavy atom. The van der Waals surface area contributed by atoms with E-state index in [9.17, 15) is 0 Å². The lowest BCUT2D eigenvalue weighted by atomic mass is 10.1. The molecular formula is C19H22N4OS. The van der Waals surface area contributed by atoms with Gasteiger partial charge in [-0.25, -0.2) is 0 Å². The zero-order valence-corrected chi connectivity index (χ0v) is 14.9. The van der Waals surface area contributed by atoms with Crippen LogP contribution in [0.4, 0.5) is 0 Å². The second kappa shape index (κ2) is 7.91. The predicted octanol–water partition coefficient (Wildman–Crippen LogP) is 3.71. The van der Waals surface area contributed by atoms with E-state index in [2.05, 4.69) is 43.7 Å². The molecule has 1 aliphatic heterocycles. The molecule has 1 fully saturated rings. The number of pyridine rings is 1. The summed E-state index contributed by atoms with van der Waals surface area (Å²) in [5.41, 5.74) is 3.42. The molecule has 6 heteroatoms. The minimum atomic E-state index is 0.320. The molecule has 1 saturated heterocycles. The molecule has 25 heavy (non-hydrogen) atoms. The molecule has 1 unspecified atom stereocenters. The van der Waals surface area contributed by atoms with Crippen LogP contribution >= 0.6 is 11.3 Å². The van der Waals surface area contributed by atoms with Crippen molar-refractivity contribution in [2.75, 3.05) is 13.2 Å². The van der Waals surface area contributed by atoms with Crippen LogP contribution in [0.5, 0.6) is 0 Å². The minimum Gasteiger partial charge on any atom is -0.377 e. The van der Waals surface area contributed by atoms with E-state index in [0.29, 0.717) is 6.10 Å². The Morgan fingerprint density at radius 1 is 1.24 bits per heavy atom. The third-order valence-corrected chi connectivity index (χ3v) is 5.36. The average molecular weight is 354 g/mol. The summed E-state index contributed by atoms with van der Waals surface area (Å²) in [6.45, 7) is 3.45. The fourth-order valence-corrected chi connectivity index (χ4v) is 4.04. The van der Waals surface area contributed by atoms with E-state index in [0.717, 1.165) is 50.5 Å². The Morgan fingerprint density at radius 2 is 2.24 bits per heavy atom. The number of thiophene rings is 1. The number of nitrogens with one attached hydrogen (secondary N) is 1. The number of hydrogen-bond donors (Lipinski definition) is 1. The van der Waals surface area contributed by atoms with Crippen molar-refractivity contribution < 1.29 is 4.74 Å². The Kier molecular flexibility index (Phi) is 5.20. The SMILES string of the molecule is c1ccc(CN(Cc2cn[nH]c2-c2cccs2)CC2CCCO2)nc1. The number of H-pyrrole nitrogens is 1. The summed E-state index contributed by atoms with van der Waals surface area (Å²) >= 11 is 1.73. The quantitative estimate of drug-likeness (QED) is 0.703. The van der Waals surface area contributed by atoms with Crippen molar-refractivity contribution in [3.8, 4) is 10.6 Å². The lowest BCUT2D eigenvalue weighted by Gasteiger charge is -2.24. The van der Waals surface area contributed by atoms with Crippen LogP contribution in [0.2, 0.25) is 0 Å². The van der Waals surface area contributed by atoms with Gasteiger partial charge in [-0.15, -0.1) is 11.3 Å². The van der Waals surface area contributed by atoms with Gasteiger partial charge in [0.1, 0.15) is 0 Å². The first-order valence-electron chi connectivity index (χ1n) is 8.68. The van der Waals surface area contributed by atoms with Crippen molar-refractivity contribution in [1.29, 1.82) is 0 Å². The molecule has 4 rings (SSSR count). The largest absolute Gasteiger partial charge is 0.377 e. The molecule has 1 atom stereocenters. The maximum absolute atomic E-state index is 5.86. The molecule has 0 aromatic carbocycles. The topological polar surface area (TPSA) is 54.0 Å². The number of ether oxygens (including phenoxy) is 1. The van der Waals surface area contributed by atoms with Crippen molar-refractivity contribution in [3.05, 3.63) is 59.4 Å². The standard InChI is InChI=1S/C19H22N4OS/c1-2-8-20-16(5-1)13-23(14-17-6-3-9-24-17)12-15-11-21-22-19(15)18-7-4-10-25-18/h1-2,4-5,7-8,10-11,17H,3,6,9,12-14H2,(H,21,22). The second-order valence-electron chi connectivity index (χ2n) is 6.37. The molecule has 0 aliphatic carbocycles. The molecule has 3 aromatic rings. The van der Waals surface area contributed by atoms with E-state index in [1.54, 1.807) is 11.3 Å². The van der Waals surface area contributed by atoms with Gasteiger partial charge in [0, 0.05) is 38.0 Å². The highest BCUT2D eigenvalue weighted by atomic mass is 32.1. The van der Waals surface area contributed by atoms with Crippen molar-refractivity contribution in [1.82, 2.24) is 20.1 Å². The first-order chi connectivity index (χ1) is 12.4. The summed E-state index contributed by atoms with van der Waals surface area (Å²) in [7, 11) is 0. The summed E-state index contributed by atoms with van der Waals surface area (Å²) in [5, 5.41) is 9.53. The minimum absolute atomic E-state index is 0.320. The third-order valence-electron chi connectivity index (χ3n) is 4.48. The van der Waals surface area contributed by atoms with Gasteiger partial charge in [-0.3, -0.25) is 15.0 Å². The molecule has 0 amide bonds. The van der Waals surface area contributed by atoms with Gasteiger partial charge in [0.15, 0.2) is 0 Å². The number of hydrogen-bond acceptors (Lipinski definition) is 5. The monoisotopic (exact) mass is 354 g/mol. The molecule has 5 nitrogen and oxygen atoms in total. The Hall–Kier alpha value is -2.02. The Balaban J connectivity index is 1.52. The normalized spacial score (nSPS) is 17.4. The fraction of sp³-hybridized carbons (Fsp3) is 0.368. The number of rotatable bonds is 7. The van der Waals surface area contributed by atoms with Crippen LogP contribution in [0.1, 0.15) is 24.1 Å². The highest BCUT2D eigenvalue weighted by molar-refractivity contribution is 7.13. The van der Waals surface area contributed by atoms with E-state index in [1.807, 2.05) is 24.5 Å². The summed E-state index contributed by atoms with van der Waals surface area (Å²) in [6.07, 6.45) is 6.42. The first-order valence-corrected chi connectivity index (χ1v) is 9.56. The lowest BCUT2D eigenvalue weighted by molar-refractivity contribution is 0.0675. The molecular weight excluding hydrogens is 332 g/mol. The van der Waals surface area contributed by atoms with Crippen LogP contribution in [0.15, 0.2) is 48.1 Å². The Bertz CT molecular complexity index is 766. The average Bonchev–Trinajstić information content (AvgIpc) is 3.38. The molecule has 130 valence electrons. The van der Waals surface area contributed by atoms with E-state index in [4.69, 9.17) is 4.74 Å². The number of aromatic nitrogens is 3. The van der Waals surface area contributed by atoms with Gasteiger partial charge in [0.05, 0.1) is 28.6 Å². The van der Waals surface area contributed by atoms with Crippen molar-refractivity contribution in [2.24, 2.45) is 0 Å². The van der Waals surface area contributed by atoms with Crippen molar-refractivity contribution >= 4 is 11.3 Å². The second-order valence-corrected chi connectivity index (χ2v) is 7.32. The summed E-state index contributed by atoms with van der Waals surface area (Å²) in [6, 6.07) is 10.3. The van der Waals surface area contributed by atoms with Crippen molar-refractivity contribution in [3.63, 3.8) is 0 Å². The van der Waals surface area contributed by atoms with Gasteiger partial charge in [0.2, 0.25) is 0 Å². The van der Waals surface area contributed by atoms with Crippen LogP contribution in [-0.4, -0.2) is 39.3 Å². The Labute approximate surface area is 151 Å². The summed E-state index contributed by atoms with van der Waals surface area (Å²) < 4.78 is 5.86. The van der Waals surface area contributed by atoms with Gasteiger partial charge in [-0.1, -0.05) is 12.1 Å². The van der Waals surface area contributed by atoms with Crippen LogP contribution in [0.3, 0.4) is 0 Å². The van der Waals surface area contributed by atoms with Crippen LogP contribution < -0.4 is 0 Å². The fourth-order valence-electron chi connectivity index (χ4n) is 3.29. The van der Waals surface area contributed by atoms with Gasteiger partial charge in [-0.05, 0) is 36.4 Å². The maximum atomic E-state index is 5.86.